The lowest BCUT2D eigenvalue weighted by atomic mass is 10.0. The van der Waals surface area contributed by atoms with Gasteiger partial charge in [-0.1, -0.05) is 24.3 Å². The Labute approximate surface area is 112 Å². The summed E-state index contributed by atoms with van der Waals surface area (Å²) in [4.78, 5) is 10.9. The highest BCUT2D eigenvalue weighted by Crippen LogP contribution is 2.19. The summed E-state index contributed by atoms with van der Waals surface area (Å²) < 4.78 is 10.3. The number of esters is 1. The first-order valence-electron chi connectivity index (χ1n) is 6.07. The van der Waals surface area contributed by atoms with Crippen molar-refractivity contribution >= 4 is 5.97 Å². The third-order valence-corrected chi connectivity index (χ3v) is 2.70. The van der Waals surface area contributed by atoms with Crippen LogP contribution in [0.4, 0.5) is 0 Å². The predicted molar refractivity (Wildman–Crippen MR) is 73.6 cm³/mol. The molecule has 3 heteroatoms. The van der Waals surface area contributed by atoms with Gasteiger partial charge in [0.2, 0.25) is 0 Å². The smallest absolute Gasteiger partial charge is 0.308 e. The van der Waals surface area contributed by atoms with Crippen molar-refractivity contribution in [3.05, 3.63) is 59.7 Å². The Balaban J connectivity index is 2.15. The highest BCUT2D eigenvalue weighted by atomic mass is 16.5. The van der Waals surface area contributed by atoms with Crippen LogP contribution in [-0.2, 0) is 11.2 Å². The standard InChI is InChI=1S/C16H16O3/c1-12(17)19-16-8-4-6-14(11-16)9-13-5-3-7-15(10-13)18-2/h3-8,10-11H,9H2,1-2H3. The van der Waals surface area contributed by atoms with Gasteiger partial charge in [0.05, 0.1) is 7.11 Å². The number of rotatable bonds is 4. The molecule has 0 heterocycles. The molecular formula is C16H16O3. The van der Waals surface area contributed by atoms with Crippen LogP contribution in [-0.4, -0.2) is 13.1 Å². The minimum atomic E-state index is -0.307. The van der Waals surface area contributed by atoms with E-state index in [0.717, 1.165) is 23.3 Å². The fourth-order valence-corrected chi connectivity index (χ4v) is 1.90. The monoisotopic (exact) mass is 256 g/mol. The summed E-state index contributed by atoms with van der Waals surface area (Å²) in [6.07, 6.45) is 0.770. The van der Waals surface area contributed by atoms with Crippen LogP contribution in [0.5, 0.6) is 11.5 Å². The lowest BCUT2D eigenvalue weighted by molar-refractivity contribution is -0.131. The first-order valence-corrected chi connectivity index (χ1v) is 6.07. The van der Waals surface area contributed by atoms with Crippen LogP contribution >= 0.6 is 0 Å². The topological polar surface area (TPSA) is 35.5 Å². The molecule has 0 amide bonds. The number of benzene rings is 2. The summed E-state index contributed by atoms with van der Waals surface area (Å²) in [5.74, 6) is 1.11. The Hall–Kier alpha value is -2.29. The van der Waals surface area contributed by atoms with Crippen molar-refractivity contribution in [2.45, 2.75) is 13.3 Å². The van der Waals surface area contributed by atoms with E-state index in [1.54, 1.807) is 13.2 Å². The summed E-state index contributed by atoms with van der Waals surface area (Å²) in [5, 5.41) is 0. The first-order chi connectivity index (χ1) is 9.17. The van der Waals surface area contributed by atoms with E-state index in [4.69, 9.17) is 9.47 Å². The molecule has 2 rings (SSSR count). The average molecular weight is 256 g/mol. The summed E-state index contributed by atoms with van der Waals surface area (Å²) in [7, 11) is 1.65. The SMILES string of the molecule is COc1cccc(Cc2cccc(OC(C)=O)c2)c1. The van der Waals surface area contributed by atoms with Gasteiger partial charge in [-0.05, 0) is 41.8 Å². The largest absolute Gasteiger partial charge is 0.497 e. The molecule has 0 aliphatic heterocycles. The van der Waals surface area contributed by atoms with Crippen molar-refractivity contribution in [2.24, 2.45) is 0 Å². The van der Waals surface area contributed by atoms with Crippen LogP contribution in [0.2, 0.25) is 0 Å². The summed E-state index contributed by atoms with van der Waals surface area (Å²) in [5.41, 5.74) is 2.24. The molecule has 0 saturated heterocycles. The third-order valence-electron chi connectivity index (χ3n) is 2.70. The van der Waals surface area contributed by atoms with E-state index in [0.29, 0.717) is 5.75 Å². The molecule has 0 aliphatic carbocycles. The molecule has 2 aromatic carbocycles. The molecule has 0 N–H and O–H groups in total. The summed E-state index contributed by atoms with van der Waals surface area (Å²) in [6.45, 7) is 1.40. The van der Waals surface area contributed by atoms with Crippen molar-refractivity contribution in [2.75, 3.05) is 7.11 Å². The molecule has 0 unspecified atom stereocenters. The van der Waals surface area contributed by atoms with Crippen LogP contribution in [0.25, 0.3) is 0 Å². The molecule has 0 radical (unpaired) electrons. The minimum Gasteiger partial charge on any atom is -0.497 e. The van der Waals surface area contributed by atoms with E-state index >= 15 is 0 Å². The molecular weight excluding hydrogens is 240 g/mol. The Morgan fingerprint density at radius 2 is 1.58 bits per heavy atom. The maximum absolute atomic E-state index is 10.9. The second kappa shape index (κ2) is 6.05. The zero-order valence-corrected chi connectivity index (χ0v) is 11.1. The van der Waals surface area contributed by atoms with Crippen LogP contribution < -0.4 is 9.47 Å². The number of carbonyl (C=O) groups excluding carboxylic acids is 1. The van der Waals surface area contributed by atoms with E-state index in [1.165, 1.54) is 6.92 Å². The Kier molecular flexibility index (Phi) is 4.18. The van der Waals surface area contributed by atoms with Crippen molar-refractivity contribution in [1.29, 1.82) is 0 Å². The van der Waals surface area contributed by atoms with E-state index in [9.17, 15) is 4.79 Å². The van der Waals surface area contributed by atoms with Gasteiger partial charge >= 0.3 is 5.97 Å². The highest BCUT2D eigenvalue weighted by molar-refractivity contribution is 5.69. The van der Waals surface area contributed by atoms with Gasteiger partial charge in [0.25, 0.3) is 0 Å². The molecule has 3 nitrogen and oxygen atoms in total. The van der Waals surface area contributed by atoms with Gasteiger partial charge in [-0.2, -0.15) is 0 Å². The van der Waals surface area contributed by atoms with E-state index in [-0.39, 0.29) is 5.97 Å². The van der Waals surface area contributed by atoms with Gasteiger partial charge in [0.15, 0.2) is 0 Å². The van der Waals surface area contributed by atoms with Crippen LogP contribution in [0.1, 0.15) is 18.1 Å². The van der Waals surface area contributed by atoms with Crippen molar-refractivity contribution in [1.82, 2.24) is 0 Å². The quantitative estimate of drug-likeness (QED) is 0.622. The Bertz CT molecular complexity index is 576. The number of hydrogen-bond donors (Lipinski definition) is 0. The van der Waals surface area contributed by atoms with Crippen molar-refractivity contribution in [3.8, 4) is 11.5 Å². The molecule has 0 aliphatic rings. The molecule has 0 fully saturated rings. The number of hydrogen-bond acceptors (Lipinski definition) is 3. The van der Waals surface area contributed by atoms with Crippen LogP contribution in [0.15, 0.2) is 48.5 Å². The average Bonchev–Trinajstić information content (AvgIpc) is 2.38. The van der Waals surface area contributed by atoms with Crippen LogP contribution in [0, 0.1) is 0 Å². The normalized spacial score (nSPS) is 10.0. The molecule has 2 aromatic rings. The van der Waals surface area contributed by atoms with E-state index in [1.807, 2.05) is 42.5 Å². The van der Waals surface area contributed by atoms with Crippen LogP contribution in [0.3, 0.4) is 0 Å². The van der Waals surface area contributed by atoms with Crippen molar-refractivity contribution in [3.63, 3.8) is 0 Å². The fraction of sp³-hybridized carbons (Fsp3) is 0.188. The van der Waals surface area contributed by atoms with Crippen molar-refractivity contribution < 1.29 is 14.3 Å². The van der Waals surface area contributed by atoms with Gasteiger partial charge < -0.3 is 9.47 Å². The summed E-state index contributed by atoms with van der Waals surface area (Å²) >= 11 is 0. The van der Waals surface area contributed by atoms with E-state index < -0.39 is 0 Å². The zero-order chi connectivity index (χ0) is 13.7. The second-order valence-electron chi connectivity index (χ2n) is 4.27. The number of carbonyl (C=O) groups is 1. The zero-order valence-electron chi connectivity index (χ0n) is 11.1. The number of methoxy groups -OCH3 is 1. The highest BCUT2D eigenvalue weighted by Gasteiger charge is 2.02. The molecule has 0 saturated carbocycles. The fourth-order valence-electron chi connectivity index (χ4n) is 1.90. The maximum atomic E-state index is 10.9. The van der Waals surface area contributed by atoms with Gasteiger partial charge in [-0.3, -0.25) is 4.79 Å². The Morgan fingerprint density at radius 3 is 2.16 bits per heavy atom. The Morgan fingerprint density at radius 1 is 1.00 bits per heavy atom. The first kappa shape index (κ1) is 13.1. The van der Waals surface area contributed by atoms with Gasteiger partial charge in [0, 0.05) is 6.92 Å². The summed E-state index contributed by atoms with van der Waals surface area (Å²) in [6, 6.07) is 15.5. The van der Waals surface area contributed by atoms with Gasteiger partial charge in [0.1, 0.15) is 11.5 Å². The lowest BCUT2D eigenvalue weighted by Crippen LogP contribution is -2.01. The van der Waals surface area contributed by atoms with Gasteiger partial charge in [-0.25, -0.2) is 0 Å². The molecule has 98 valence electrons. The second-order valence-corrected chi connectivity index (χ2v) is 4.27. The lowest BCUT2D eigenvalue weighted by Gasteiger charge is -2.06. The molecule has 0 atom stereocenters. The minimum absolute atomic E-state index is 0.307. The predicted octanol–water partition coefficient (Wildman–Crippen LogP) is 3.21. The maximum Gasteiger partial charge on any atom is 0.308 e. The number of ether oxygens (including phenoxy) is 2. The third kappa shape index (κ3) is 3.85. The molecule has 0 aromatic heterocycles. The molecule has 0 bridgehead atoms. The van der Waals surface area contributed by atoms with Gasteiger partial charge in [-0.15, -0.1) is 0 Å². The van der Waals surface area contributed by atoms with E-state index in [2.05, 4.69) is 0 Å². The molecule has 0 spiro atoms. The molecule has 19 heavy (non-hydrogen) atoms.